The van der Waals surface area contributed by atoms with E-state index in [-0.39, 0.29) is 17.7 Å². The van der Waals surface area contributed by atoms with Crippen molar-refractivity contribution in [2.75, 3.05) is 26.4 Å². The normalized spacial score (nSPS) is 23.3. The van der Waals surface area contributed by atoms with Crippen molar-refractivity contribution in [3.8, 4) is 0 Å². The number of amides is 2. The lowest BCUT2D eigenvalue weighted by Crippen LogP contribution is -2.71. The maximum Gasteiger partial charge on any atom is 0.263 e. The summed E-state index contributed by atoms with van der Waals surface area (Å²) in [5.41, 5.74) is -0.766. The van der Waals surface area contributed by atoms with E-state index in [2.05, 4.69) is 10.6 Å². The van der Waals surface area contributed by atoms with Gasteiger partial charge in [0, 0.05) is 19.6 Å². The van der Waals surface area contributed by atoms with Gasteiger partial charge in [0.1, 0.15) is 0 Å². The molecule has 2 saturated heterocycles. The Morgan fingerprint density at radius 1 is 1.33 bits per heavy atom. The molecule has 1 aromatic heterocycles. The van der Waals surface area contributed by atoms with E-state index in [9.17, 15) is 9.59 Å². The lowest BCUT2D eigenvalue weighted by molar-refractivity contribution is -0.136. The fourth-order valence-electron chi connectivity index (χ4n) is 2.49. The molecule has 0 spiro atoms. The average Bonchev–Trinajstić information content (AvgIpc) is 3.08. The van der Waals surface area contributed by atoms with Crippen LogP contribution in [0.3, 0.4) is 0 Å². The van der Waals surface area contributed by atoms with Gasteiger partial charge < -0.3 is 20.1 Å². The van der Waals surface area contributed by atoms with E-state index in [4.69, 9.17) is 9.47 Å². The molecule has 0 bridgehead atoms. The smallest absolute Gasteiger partial charge is 0.263 e. The van der Waals surface area contributed by atoms with E-state index in [0.717, 1.165) is 13.0 Å². The largest absolute Gasteiger partial charge is 0.381 e. The Hall–Kier alpha value is -1.44. The second kappa shape index (κ2) is 6.13. The van der Waals surface area contributed by atoms with E-state index in [1.54, 1.807) is 6.07 Å². The summed E-state index contributed by atoms with van der Waals surface area (Å²) in [6, 6.07) is 3.58. The Balaban J connectivity index is 1.55. The van der Waals surface area contributed by atoms with E-state index >= 15 is 0 Å². The van der Waals surface area contributed by atoms with Gasteiger partial charge in [-0.05, 0) is 23.8 Å². The van der Waals surface area contributed by atoms with Crippen LogP contribution in [0.2, 0.25) is 0 Å². The van der Waals surface area contributed by atoms with Gasteiger partial charge in [0.25, 0.3) is 5.91 Å². The number of ether oxygens (including phenoxy) is 2. The van der Waals surface area contributed by atoms with Gasteiger partial charge in [-0.25, -0.2) is 0 Å². The molecule has 2 fully saturated rings. The van der Waals surface area contributed by atoms with Gasteiger partial charge in [0.2, 0.25) is 5.91 Å². The minimum absolute atomic E-state index is 0.0692. The standard InChI is InChI=1S/C14H18N2O4S/c17-12(6-10-3-4-19-7-10)15-14(8-20-9-14)16-13(18)11-2-1-5-21-11/h1-2,5,10H,3-4,6-9H2,(H,15,17)(H,16,18). The maximum atomic E-state index is 12.1. The van der Waals surface area contributed by atoms with Gasteiger partial charge in [-0.2, -0.15) is 0 Å². The van der Waals surface area contributed by atoms with Crippen molar-refractivity contribution in [3.63, 3.8) is 0 Å². The molecule has 21 heavy (non-hydrogen) atoms. The van der Waals surface area contributed by atoms with Crippen LogP contribution in [-0.4, -0.2) is 43.9 Å². The number of thiophene rings is 1. The predicted molar refractivity (Wildman–Crippen MR) is 77.0 cm³/mol. The molecule has 1 unspecified atom stereocenters. The molecule has 1 aromatic rings. The third-order valence-corrected chi connectivity index (χ3v) is 4.54. The summed E-state index contributed by atoms with van der Waals surface area (Å²) in [4.78, 5) is 24.8. The van der Waals surface area contributed by atoms with Crippen LogP contribution in [0.1, 0.15) is 22.5 Å². The number of rotatable bonds is 5. The van der Waals surface area contributed by atoms with Crippen molar-refractivity contribution >= 4 is 23.2 Å². The van der Waals surface area contributed by atoms with Gasteiger partial charge >= 0.3 is 0 Å². The molecule has 2 aliphatic rings. The Morgan fingerprint density at radius 2 is 2.19 bits per heavy atom. The topological polar surface area (TPSA) is 76.7 Å². The second-order valence-electron chi connectivity index (χ2n) is 5.49. The van der Waals surface area contributed by atoms with Gasteiger partial charge in [-0.1, -0.05) is 6.07 Å². The van der Waals surface area contributed by atoms with Crippen molar-refractivity contribution in [1.82, 2.24) is 10.6 Å². The summed E-state index contributed by atoms with van der Waals surface area (Å²) in [6.45, 7) is 1.97. The molecule has 0 aromatic carbocycles. The quantitative estimate of drug-likeness (QED) is 0.787. The van der Waals surface area contributed by atoms with Crippen LogP contribution in [0.15, 0.2) is 17.5 Å². The molecule has 0 saturated carbocycles. The van der Waals surface area contributed by atoms with Gasteiger partial charge in [0.15, 0.2) is 5.66 Å². The minimum atomic E-state index is -0.766. The highest BCUT2D eigenvalue weighted by atomic mass is 32.1. The highest BCUT2D eigenvalue weighted by molar-refractivity contribution is 7.12. The minimum Gasteiger partial charge on any atom is -0.381 e. The SMILES string of the molecule is O=C(CC1CCOC1)NC1(NC(=O)c2cccs2)COC1. The third kappa shape index (κ3) is 3.42. The Morgan fingerprint density at radius 3 is 2.76 bits per heavy atom. The van der Waals surface area contributed by atoms with Crippen molar-refractivity contribution in [3.05, 3.63) is 22.4 Å². The molecule has 114 valence electrons. The Bertz CT molecular complexity index is 507. The molecular formula is C14H18N2O4S. The monoisotopic (exact) mass is 310 g/mol. The van der Waals surface area contributed by atoms with Crippen LogP contribution in [0.5, 0.6) is 0 Å². The molecule has 2 amide bonds. The summed E-state index contributed by atoms with van der Waals surface area (Å²) >= 11 is 1.37. The molecule has 0 radical (unpaired) electrons. The fourth-order valence-corrected chi connectivity index (χ4v) is 3.11. The third-order valence-electron chi connectivity index (χ3n) is 3.67. The molecule has 3 heterocycles. The zero-order chi connectivity index (χ0) is 14.7. The number of carbonyl (C=O) groups excluding carboxylic acids is 2. The first kappa shape index (κ1) is 14.5. The Kier molecular flexibility index (Phi) is 4.23. The summed E-state index contributed by atoms with van der Waals surface area (Å²) in [5.74, 6) is 0.0223. The Labute approximate surface area is 126 Å². The lowest BCUT2D eigenvalue weighted by atomic mass is 10.0. The van der Waals surface area contributed by atoms with Gasteiger partial charge in [-0.3, -0.25) is 9.59 Å². The molecule has 2 aliphatic heterocycles. The maximum absolute atomic E-state index is 12.1. The molecule has 1 atom stereocenters. The number of hydrogen-bond donors (Lipinski definition) is 2. The first-order valence-electron chi connectivity index (χ1n) is 6.99. The molecular weight excluding hydrogens is 292 g/mol. The molecule has 2 N–H and O–H groups in total. The van der Waals surface area contributed by atoms with Crippen LogP contribution in [-0.2, 0) is 14.3 Å². The van der Waals surface area contributed by atoms with Crippen molar-refractivity contribution in [2.45, 2.75) is 18.5 Å². The highest BCUT2D eigenvalue weighted by Crippen LogP contribution is 2.19. The van der Waals surface area contributed by atoms with E-state index < -0.39 is 5.66 Å². The van der Waals surface area contributed by atoms with Crippen molar-refractivity contribution < 1.29 is 19.1 Å². The van der Waals surface area contributed by atoms with Crippen LogP contribution in [0.25, 0.3) is 0 Å². The molecule has 3 rings (SSSR count). The molecule has 6 nitrogen and oxygen atoms in total. The number of hydrogen-bond acceptors (Lipinski definition) is 5. The zero-order valence-corrected chi connectivity index (χ0v) is 12.4. The van der Waals surface area contributed by atoms with Crippen LogP contribution < -0.4 is 10.6 Å². The van der Waals surface area contributed by atoms with Crippen molar-refractivity contribution in [1.29, 1.82) is 0 Å². The zero-order valence-electron chi connectivity index (χ0n) is 11.6. The molecule has 7 heteroatoms. The van der Waals surface area contributed by atoms with E-state index in [1.165, 1.54) is 11.3 Å². The number of carbonyl (C=O) groups is 2. The van der Waals surface area contributed by atoms with E-state index in [1.807, 2.05) is 11.4 Å². The van der Waals surface area contributed by atoms with Crippen LogP contribution in [0, 0.1) is 5.92 Å². The van der Waals surface area contributed by atoms with E-state index in [0.29, 0.717) is 31.1 Å². The van der Waals surface area contributed by atoms with Gasteiger partial charge in [-0.15, -0.1) is 11.3 Å². The van der Waals surface area contributed by atoms with Gasteiger partial charge in [0.05, 0.1) is 18.1 Å². The second-order valence-corrected chi connectivity index (χ2v) is 6.44. The van der Waals surface area contributed by atoms with Crippen LogP contribution >= 0.6 is 11.3 Å². The summed E-state index contributed by atoms with van der Waals surface area (Å²) in [7, 11) is 0. The first-order chi connectivity index (χ1) is 10.2. The summed E-state index contributed by atoms with van der Waals surface area (Å²) in [5, 5.41) is 7.62. The van der Waals surface area contributed by atoms with Crippen molar-refractivity contribution in [2.24, 2.45) is 5.92 Å². The lowest BCUT2D eigenvalue weighted by Gasteiger charge is -2.42. The summed E-state index contributed by atoms with van der Waals surface area (Å²) < 4.78 is 10.4. The fraction of sp³-hybridized carbons (Fsp3) is 0.571. The number of nitrogens with one attached hydrogen (secondary N) is 2. The van der Waals surface area contributed by atoms with Crippen LogP contribution in [0.4, 0.5) is 0 Å². The summed E-state index contributed by atoms with van der Waals surface area (Å²) in [6.07, 6.45) is 1.34. The average molecular weight is 310 g/mol. The first-order valence-corrected chi connectivity index (χ1v) is 7.87. The molecule has 0 aliphatic carbocycles. The highest BCUT2D eigenvalue weighted by Gasteiger charge is 2.42. The predicted octanol–water partition coefficient (Wildman–Crippen LogP) is 0.747.